The highest BCUT2D eigenvalue weighted by Gasteiger charge is 2.29. The fourth-order valence-electron chi connectivity index (χ4n) is 1.96. The molecule has 0 spiro atoms. The predicted molar refractivity (Wildman–Crippen MR) is 112 cm³/mol. The molecule has 176 valence electrons. The molecule has 0 aliphatic carbocycles. The van der Waals surface area contributed by atoms with E-state index in [1.807, 2.05) is 0 Å². The number of sulfonamides is 2. The Balaban J connectivity index is 2.69. The van der Waals surface area contributed by atoms with Crippen LogP contribution in [0.4, 0.5) is 0 Å². The normalized spacial score (nSPS) is 12.9. The SMILES string of the molecule is CCC(C)(C)C(=O)OC(=O)c1ccc(OS(=O)(=O)CCCS(=O)(=O)NS(C)(=O)=O)cc1. The number of hydrogen-bond acceptors (Lipinski definition) is 10. The molecule has 0 aliphatic heterocycles. The van der Waals surface area contributed by atoms with E-state index in [0.717, 1.165) is 0 Å². The molecule has 0 radical (unpaired) electrons. The first-order valence-corrected chi connectivity index (χ1v) is 14.1. The van der Waals surface area contributed by atoms with Gasteiger partial charge in [0.05, 0.1) is 28.7 Å². The van der Waals surface area contributed by atoms with Crippen molar-refractivity contribution in [2.75, 3.05) is 17.8 Å². The summed E-state index contributed by atoms with van der Waals surface area (Å²) >= 11 is 0. The molecule has 0 saturated carbocycles. The molecule has 0 aliphatic rings. The number of carbonyl (C=O) groups is 2. The summed E-state index contributed by atoms with van der Waals surface area (Å²) in [6.45, 7) is 5.04. The van der Waals surface area contributed by atoms with E-state index >= 15 is 0 Å². The molecule has 0 saturated heterocycles. The quantitative estimate of drug-likeness (QED) is 0.261. The van der Waals surface area contributed by atoms with Gasteiger partial charge in [-0.25, -0.2) is 21.6 Å². The molecule has 0 unspecified atom stereocenters. The zero-order chi connectivity index (χ0) is 24.1. The van der Waals surface area contributed by atoms with Crippen LogP contribution >= 0.6 is 0 Å². The van der Waals surface area contributed by atoms with Gasteiger partial charge in [-0.15, -0.1) is 4.13 Å². The van der Waals surface area contributed by atoms with E-state index in [0.29, 0.717) is 12.7 Å². The standard InChI is InChI=1S/C17H25NO10S3/c1-5-17(2,3)16(20)27-15(19)13-7-9-14(10-8-13)28-31(25,26)12-6-11-30(23,24)18-29(4,21)22/h7-10,18H,5-6,11-12H2,1-4H3. The average Bonchev–Trinajstić information content (AvgIpc) is 2.59. The Labute approximate surface area is 182 Å². The summed E-state index contributed by atoms with van der Waals surface area (Å²) in [5.74, 6) is -3.17. The van der Waals surface area contributed by atoms with Gasteiger partial charge in [-0.3, -0.25) is 4.79 Å². The van der Waals surface area contributed by atoms with Crippen LogP contribution in [0.15, 0.2) is 24.3 Å². The van der Waals surface area contributed by atoms with Gasteiger partial charge >= 0.3 is 22.1 Å². The highest BCUT2D eigenvalue weighted by atomic mass is 32.3. The zero-order valence-corrected chi connectivity index (χ0v) is 19.9. The molecule has 11 nitrogen and oxygen atoms in total. The minimum atomic E-state index is -4.21. The molecule has 14 heteroatoms. The number of nitrogens with one attached hydrogen (secondary N) is 1. The van der Waals surface area contributed by atoms with E-state index in [1.165, 1.54) is 28.4 Å². The third-order valence-corrected chi connectivity index (χ3v) is 8.31. The van der Waals surface area contributed by atoms with Gasteiger partial charge in [-0.1, -0.05) is 6.92 Å². The Kier molecular flexibility index (Phi) is 8.76. The second-order valence-corrected chi connectivity index (χ2v) is 12.9. The van der Waals surface area contributed by atoms with Crippen molar-refractivity contribution >= 4 is 42.1 Å². The van der Waals surface area contributed by atoms with E-state index in [1.54, 1.807) is 20.8 Å². The fourth-order valence-corrected chi connectivity index (χ4v) is 5.83. The van der Waals surface area contributed by atoms with E-state index in [9.17, 15) is 34.8 Å². The lowest BCUT2D eigenvalue weighted by atomic mass is 9.91. The third-order valence-electron chi connectivity index (χ3n) is 4.02. The lowest BCUT2D eigenvalue weighted by molar-refractivity contribution is -0.147. The van der Waals surface area contributed by atoms with Crippen molar-refractivity contribution in [3.63, 3.8) is 0 Å². The van der Waals surface area contributed by atoms with Gasteiger partial charge < -0.3 is 8.92 Å². The van der Waals surface area contributed by atoms with Gasteiger partial charge in [0.15, 0.2) is 0 Å². The van der Waals surface area contributed by atoms with Gasteiger partial charge in [0.1, 0.15) is 5.75 Å². The summed E-state index contributed by atoms with van der Waals surface area (Å²) < 4.78 is 80.1. The summed E-state index contributed by atoms with van der Waals surface area (Å²) in [5.41, 5.74) is -0.833. The van der Waals surface area contributed by atoms with E-state index in [2.05, 4.69) is 0 Å². The summed E-state index contributed by atoms with van der Waals surface area (Å²) in [4.78, 5) is 24.0. The third kappa shape index (κ3) is 9.76. The van der Waals surface area contributed by atoms with Gasteiger partial charge in [0.25, 0.3) is 0 Å². The highest BCUT2D eigenvalue weighted by molar-refractivity contribution is 8.04. The van der Waals surface area contributed by atoms with Crippen LogP contribution in [0.1, 0.15) is 44.0 Å². The Bertz CT molecular complexity index is 1120. The Morgan fingerprint density at radius 2 is 1.52 bits per heavy atom. The molecular formula is C17H25NO10S3. The van der Waals surface area contributed by atoms with E-state index in [4.69, 9.17) is 8.92 Å². The zero-order valence-electron chi connectivity index (χ0n) is 17.4. The average molecular weight is 500 g/mol. The van der Waals surface area contributed by atoms with Crippen molar-refractivity contribution in [3.05, 3.63) is 29.8 Å². The molecule has 31 heavy (non-hydrogen) atoms. The number of hydrogen-bond donors (Lipinski definition) is 1. The summed E-state index contributed by atoms with van der Waals surface area (Å²) in [7, 11) is -12.4. The van der Waals surface area contributed by atoms with Gasteiger partial charge in [0, 0.05) is 0 Å². The van der Waals surface area contributed by atoms with Crippen molar-refractivity contribution in [1.29, 1.82) is 0 Å². The van der Waals surface area contributed by atoms with Gasteiger partial charge in [0.2, 0.25) is 20.0 Å². The monoisotopic (exact) mass is 499 g/mol. The number of benzene rings is 1. The Hall–Kier alpha value is -2.03. The highest BCUT2D eigenvalue weighted by Crippen LogP contribution is 2.23. The fraction of sp³-hybridized carbons (Fsp3) is 0.529. The maximum atomic E-state index is 12.0. The minimum absolute atomic E-state index is 0.00273. The topological polar surface area (TPSA) is 167 Å². The molecule has 0 aromatic heterocycles. The molecule has 0 amide bonds. The van der Waals surface area contributed by atoms with Crippen LogP contribution in [0.25, 0.3) is 0 Å². The first kappa shape index (κ1) is 27.0. The summed E-state index contributed by atoms with van der Waals surface area (Å²) in [5, 5.41) is 0. The van der Waals surface area contributed by atoms with Crippen LogP contribution < -0.4 is 8.31 Å². The molecule has 1 N–H and O–H groups in total. The second kappa shape index (κ2) is 10.1. The van der Waals surface area contributed by atoms with E-state index < -0.39 is 65.4 Å². The number of ether oxygens (including phenoxy) is 1. The molecule has 1 rings (SSSR count). The predicted octanol–water partition coefficient (Wildman–Crippen LogP) is 0.784. The molecule has 0 bridgehead atoms. The maximum Gasteiger partial charge on any atom is 0.345 e. The summed E-state index contributed by atoms with van der Waals surface area (Å²) in [6, 6.07) is 4.76. The number of rotatable bonds is 11. The molecule has 1 aromatic rings. The molecule has 0 atom stereocenters. The van der Waals surface area contributed by atoms with Gasteiger partial charge in [-0.2, -0.15) is 8.42 Å². The van der Waals surface area contributed by atoms with Crippen molar-refractivity contribution in [2.24, 2.45) is 5.41 Å². The maximum absolute atomic E-state index is 12.0. The van der Waals surface area contributed by atoms with Crippen LogP contribution in [0.3, 0.4) is 0 Å². The van der Waals surface area contributed by atoms with Crippen LogP contribution in [-0.4, -0.2) is 55.0 Å². The smallest absolute Gasteiger partial charge is 0.345 e. The Morgan fingerprint density at radius 3 is 2.00 bits per heavy atom. The van der Waals surface area contributed by atoms with Crippen molar-refractivity contribution in [1.82, 2.24) is 4.13 Å². The van der Waals surface area contributed by atoms with Crippen molar-refractivity contribution < 1.29 is 43.8 Å². The lowest BCUT2D eigenvalue weighted by Gasteiger charge is -2.19. The molecule has 1 aromatic carbocycles. The van der Waals surface area contributed by atoms with Crippen LogP contribution in [0.5, 0.6) is 5.75 Å². The number of esters is 2. The minimum Gasteiger partial charge on any atom is -0.389 e. The first-order chi connectivity index (χ1) is 14.0. The van der Waals surface area contributed by atoms with Crippen molar-refractivity contribution in [2.45, 2.75) is 33.6 Å². The first-order valence-electron chi connectivity index (χ1n) is 8.96. The summed E-state index contributed by atoms with van der Waals surface area (Å²) in [6.07, 6.45) is 0.715. The number of carbonyl (C=O) groups excluding carboxylic acids is 2. The van der Waals surface area contributed by atoms with Gasteiger partial charge in [-0.05, 0) is 51.0 Å². The second-order valence-electron chi connectivity index (χ2n) is 7.31. The van der Waals surface area contributed by atoms with Crippen LogP contribution in [0, 0.1) is 5.41 Å². The largest absolute Gasteiger partial charge is 0.389 e. The van der Waals surface area contributed by atoms with Crippen LogP contribution in [-0.2, 0) is 39.7 Å². The molecular weight excluding hydrogens is 474 g/mol. The molecule has 0 fully saturated rings. The Morgan fingerprint density at radius 1 is 0.968 bits per heavy atom. The van der Waals surface area contributed by atoms with Crippen LogP contribution in [0.2, 0.25) is 0 Å². The van der Waals surface area contributed by atoms with Crippen molar-refractivity contribution in [3.8, 4) is 5.75 Å². The molecule has 0 heterocycles. The van der Waals surface area contributed by atoms with E-state index in [-0.39, 0.29) is 11.3 Å². The lowest BCUT2D eigenvalue weighted by Crippen LogP contribution is -2.32.